The van der Waals surface area contributed by atoms with Gasteiger partial charge in [0.1, 0.15) is 17.7 Å². The number of hydrogen-bond donors (Lipinski definition) is 2. The second-order valence-corrected chi connectivity index (χ2v) is 4.58. The van der Waals surface area contributed by atoms with E-state index >= 15 is 0 Å². The molecule has 3 N–H and O–H groups in total. The topological polar surface area (TPSA) is 84.1 Å². The number of hydrogen-bond acceptors (Lipinski definition) is 5. The largest absolute Gasteiger partial charge is 0.382 e. The maximum Gasteiger partial charge on any atom is 0.244 e. The third-order valence-corrected chi connectivity index (χ3v) is 3.06. The molecule has 2 rings (SSSR count). The average Bonchev–Trinajstić information content (AvgIpc) is 2.39. The molecule has 0 radical (unpaired) electrons. The van der Waals surface area contributed by atoms with Gasteiger partial charge in [0.15, 0.2) is 0 Å². The van der Waals surface area contributed by atoms with Crippen LogP contribution in [0.15, 0.2) is 12.4 Å². The first-order valence-corrected chi connectivity index (χ1v) is 6.29. The van der Waals surface area contributed by atoms with E-state index in [9.17, 15) is 4.79 Å². The van der Waals surface area contributed by atoms with Gasteiger partial charge in [-0.25, -0.2) is 4.98 Å². The van der Waals surface area contributed by atoms with Crippen LogP contribution < -0.4 is 11.1 Å². The zero-order valence-electron chi connectivity index (χ0n) is 10.6. The van der Waals surface area contributed by atoms with Crippen molar-refractivity contribution in [3.05, 3.63) is 12.4 Å². The monoisotopic (exact) mass is 249 g/mol. The minimum Gasteiger partial charge on any atom is -0.382 e. The number of likely N-dealkylation sites (tertiary alicyclic amines) is 1. The Kier molecular flexibility index (Phi) is 3.96. The molecule has 18 heavy (non-hydrogen) atoms. The fourth-order valence-corrected chi connectivity index (χ4v) is 2.12. The van der Waals surface area contributed by atoms with Crippen molar-refractivity contribution in [2.75, 3.05) is 24.1 Å². The molecule has 0 saturated carbocycles. The van der Waals surface area contributed by atoms with Gasteiger partial charge in [0, 0.05) is 13.1 Å². The highest BCUT2D eigenvalue weighted by molar-refractivity contribution is 5.84. The summed E-state index contributed by atoms with van der Waals surface area (Å²) in [5.74, 6) is 0.990. The number of anilines is 2. The molecule has 1 aromatic heterocycles. The van der Waals surface area contributed by atoms with Gasteiger partial charge in [-0.15, -0.1) is 0 Å². The van der Waals surface area contributed by atoms with Gasteiger partial charge in [-0.2, -0.15) is 0 Å². The second-order valence-electron chi connectivity index (χ2n) is 4.58. The highest BCUT2D eigenvalue weighted by Gasteiger charge is 2.22. The minimum absolute atomic E-state index is 0.110. The molecule has 0 spiro atoms. The van der Waals surface area contributed by atoms with Gasteiger partial charge in [-0.3, -0.25) is 9.78 Å². The number of nitrogens with two attached hydrogens (primary N) is 1. The molecule has 1 saturated heterocycles. The summed E-state index contributed by atoms with van der Waals surface area (Å²) in [6.45, 7) is 3.54. The Hall–Kier alpha value is -1.85. The number of nitrogen functional groups attached to an aromatic ring is 1. The summed E-state index contributed by atoms with van der Waals surface area (Å²) < 4.78 is 0. The van der Waals surface area contributed by atoms with Crippen molar-refractivity contribution in [3.63, 3.8) is 0 Å². The minimum atomic E-state index is -0.306. The first-order chi connectivity index (χ1) is 8.66. The molecule has 0 aliphatic carbocycles. The Labute approximate surface area is 107 Å². The van der Waals surface area contributed by atoms with E-state index in [0.717, 1.165) is 25.9 Å². The second kappa shape index (κ2) is 5.66. The van der Waals surface area contributed by atoms with E-state index in [2.05, 4.69) is 15.3 Å². The van der Waals surface area contributed by atoms with Gasteiger partial charge in [-0.05, 0) is 26.2 Å². The molecule has 1 amide bonds. The van der Waals surface area contributed by atoms with Crippen molar-refractivity contribution in [2.45, 2.75) is 32.2 Å². The number of nitrogens with one attached hydrogen (secondary N) is 1. The van der Waals surface area contributed by atoms with Gasteiger partial charge < -0.3 is 16.0 Å². The molecule has 0 aromatic carbocycles. The van der Waals surface area contributed by atoms with Crippen molar-refractivity contribution in [3.8, 4) is 0 Å². The molecule has 0 bridgehead atoms. The van der Waals surface area contributed by atoms with E-state index < -0.39 is 0 Å². The Balaban J connectivity index is 1.94. The summed E-state index contributed by atoms with van der Waals surface area (Å²) in [5.41, 5.74) is 5.54. The van der Waals surface area contributed by atoms with E-state index in [0.29, 0.717) is 11.6 Å². The lowest BCUT2D eigenvalue weighted by molar-refractivity contribution is -0.132. The van der Waals surface area contributed by atoms with Crippen molar-refractivity contribution in [1.82, 2.24) is 14.9 Å². The van der Waals surface area contributed by atoms with Crippen LogP contribution in [0.2, 0.25) is 0 Å². The molecule has 1 unspecified atom stereocenters. The van der Waals surface area contributed by atoms with Crippen LogP contribution in [0.1, 0.15) is 26.2 Å². The quantitative estimate of drug-likeness (QED) is 0.830. The van der Waals surface area contributed by atoms with E-state index in [4.69, 9.17) is 5.73 Å². The molecular weight excluding hydrogens is 230 g/mol. The summed E-state index contributed by atoms with van der Waals surface area (Å²) >= 11 is 0. The lowest BCUT2D eigenvalue weighted by Gasteiger charge is -2.29. The van der Waals surface area contributed by atoms with E-state index in [1.54, 1.807) is 6.20 Å². The lowest BCUT2D eigenvalue weighted by atomic mass is 10.1. The van der Waals surface area contributed by atoms with Crippen LogP contribution in [0.3, 0.4) is 0 Å². The molecule has 2 heterocycles. The number of nitrogens with zero attached hydrogens (tertiary/aromatic N) is 3. The number of carbonyl (C=O) groups is 1. The van der Waals surface area contributed by atoms with Crippen LogP contribution in [0.4, 0.5) is 11.6 Å². The molecule has 1 fully saturated rings. The highest BCUT2D eigenvalue weighted by Crippen LogP contribution is 2.12. The predicted octanol–water partition coefficient (Wildman–Crippen LogP) is 0.872. The Morgan fingerprint density at radius 1 is 1.39 bits per heavy atom. The average molecular weight is 249 g/mol. The zero-order chi connectivity index (χ0) is 13.0. The fraction of sp³-hybridized carbons (Fsp3) is 0.583. The fourth-order valence-electron chi connectivity index (χ4n) is 2.12. The van der Waals surface area contributed by atoms with Gasteiger partial charge in [0.2, 0.25) is 5.91 Å². The van der Waals surface area contributed by atoms with E-state index in [-0.39, 0.29) is 11.9 Å². The van der Waals surface area contributed by atoms with Crippen molar-refractivity contribution in [1.29, 1.82) is 0 Å². The van der Waals surface area contributed by atoms with Crippen molar-refractivity contribution in [2.24, 2.45) is 0 Å². The SMILES string of the molecule is CC(Nc1cncc(N)n1)C(=O)N1CCCCC1. The molecule has 1 aliphatic heterocycles. The number of piperidine rings is 1. The van der Waals surface area contributed by atoms with Crippen molar-refractivity contribution < 1.29 is 4.79 Å². The van der Waals surface area contributed by atoms with Crippen LogP contribution in [-0.2, 0) is 4.79 Å². The van der Waals surface area contributed by atoms with E-state index in [1.807, 2.05) is 11.8 Å². The highest BCUT2D eigenvalue weighted by atomic mass is 16.2. The zero-order valence-corrected chi connectivity index (χ0v) is 10.6. The maximum absolute atomic E-state index is 12.2. The summed E-state index contributed by atoms with van der Waals surface area (Å²) in [7, 11) is 0. The summed E-state index contributed by atoms with van der Waals surface area (Å²) in [5, 5.41) is 3.03. The van der Waals surface area contributed by atoms with Gasteiger partial charge in [0.05, 0.1) is 12.4 Å². The normalized spacial score (nSPS) is 17.3. The Morgan fingerprint density at radius 2 is 2.11 bits per heavy atom. The van der Waals surface area contributed by atoms with Crippen LogP contribution in [0.25, 0.3) is 0 Å². The molecular formula is C12H19N5O. The molecule has 6 nitrogen and oxygen atoms in total. The molecule has 1 aromatic rings. The van der Waals surface area contributed by atoms with E-state index in [1.165, 1.54) is 12.6 Å². The van der Waals surface area contributed by atoms with Crippen molar-refractivity contribution >= 4 is 17.5 Å². The summed E-state index contributed by atoms with van der Waals surface area (Å²) in [4.78, 5) is 22.1. The maximum atomic E-state index is 12.2. The standard InChI is InChI=1S/C12H19N5O/c1-9(12(18)17-5-3-2-4-6-17)15-11-8-14-7-10(13)16-11/h7-9H,2-6H2,1H3,(H3,13,15,16). The predicted molar refractivity (Wildman–Crippen MR) is 70.0 cm³/mol. The third kappa shape index (κ3) is 3.09. The molecule has 1 atom stereocenters. The molecule has 1 aliphatic rings. The van der Waals surface area contributed by atoms with Gasteiger partial charge >= 0.3 is 0 Å². The van der Waals surface area contributed by atoms with Crippen LogP contribution in [0.5, 0.6) is 0 Å². The Morgan fingerprint density at radius 3 is 2.78 bits per heavy atom. The lowest BCUT2D eigenvalue weighted by Crippen LogP contribution is -2.44. The number of carbonyl (C=O) groups excluding carboxylic acids is 1. The summed E-state index contributed by atoms with van der Waals surface area (Å²) in [6, 6.07) is -0.306. The molecule has 6 heteroatoms. The smallest absolute Gasteiger partial charge is 0.244 e. The van der Waals surface area contributed by atoms with Crippen LogP contribution >= 0.6 is 0 Å². The number of amides is 1. The van der Waals surface area contributed by atoms with Gasteiger partial charge in [-0.1, -0.05) is 0 Å². The van der Waals surface area contributed by atoms with Crippen LogP contribution in [0, 0.1) is 0 Å². The Bertz CT molecular complexity index is 417. The third-order valence-electron chi connectivity index (χ3n) is 3.06. The number of rotatable bonds is 3. The molecule has 98 valence electrons. The van der Waals surface area contributed by atoms with Crippen LogP contribution in [-0.4, -0.2) is 39.9 Å². The number of aromatic nitrogens is 2. The first-order valence-electron chi connectivity index (χ1n) is 6.29. The summed E-state index contributed by atoms with van der Waals surface area (Å²) in [6.07, 6.45) is 6.44. The van der Waals surface area contributed by atoms with Gasteiger partial charge in [0.25, 0.3) is 0 Å². The first kappa shape index (κ1) is 12.6.